The summed E-state index contributed by atoms with van der Waals surface area (Å²) in [6, 6.07) is 21.9. The number of aliphatic imine (C=N–C) groups is 1. The molecule has 0 saturated heterocycles. The summed E-state index contributed by atoms with van der Waals surface area (Å²) in [5.41, 5.74) is 4.15. The van der Waals surface area contributed by atoms with Crippen molar-refractivity contribution < 1.29 is 4.74 Å². The van der Waals surface area contributed by atoms with Crippen molar-refractivity contribution in [3.8, 4) is 5.75 Å². The van der Waals surface area contributed by atoms with E-state index in [0.29, 0.717) is 11.6 Å². The van der Waals surface area contributed by atoms with E-state index in [2.05, 4.69) is 40.0 Å². The van der Waals surface area contributed by atoms with Gasteiger partial charge in [-0.25, -0.2) is 0 Å². The average molecular weight is 429 g/mol. The Balaban J connectivity index is 1.76. The highest BCUT2D eigenvalue weighted by molar-refractivity contribution is 9.10. The van der Waals surface area contributed by atoms with Gasteiger partial charge in [-0.3, -0.25) is 4.99 Å². The van der Waals surface area contributed by atoms with Crippen LogP contribution in [0.15, 0.2) is 76.2 Å². The Morgan fingerprint density at radius 1 is 0.962 bits per heavy atom. The lowest BCUT2D eigenvalue weighted by Crippen LogP contribution is -1.98. The molecular weight excluding hydrogens is 410 g/mol. The van der Waals surface area contributed by atoms with Gasteiger partial charge in [-0.1, -0.05) is 58.7 Å². The number of nitrogens with zero attached hydrogens (tertiary/aromatic N) is 1. The van der Waals surface area contributed by atoms with Gasteiger partial charge in [0, 0.05) is 21.3 Å². The first-order valence-corrected chi connectivity index (χ1v) is 9.61. The van der Waals surface area contributed by atoms with Gasteiger partial charge >= 0.3 is 0 Å². The van der Waals surface area contributed by atoms with Crippen molar-refractivity contribution in [2.24, 2.45) is 4.99 Å². The first-order chi connectivity index (χ1) is 12.6. The van der Waals surface area contributed by atoms with Crippen LogP contribution >= 0.6 is 27.5 Å². The van der Waals surface area contributed by atoms with Crippen LogP contribution in [-0.2, 0) is 13.0 Å². The molecule has 0 atom stereocenters. The molecule has 0 aliphatic carbocycles. The van der Waals surface area contributed by atoms with Crippen molar-refractivity contribution >= 4 is 39.4 Å². The topological polar surface area (TPSA) is 21.6 Å². The van der Waals surface area contributed by atoms with Gasteiger partial charge in [0.2, 0.25) is 0 Å². The molecule has 3 aromatic rings. The van der Waals surface area contributed by atoms with Gasteiger partial charge in [0.05, 0.1) is 5.69 Å². The minimum Gasteiger partial charge on any atom is -0.488 e. The molecule has 4 heteroatoms. The van der Waals surface area contributed by atoms with E-state index in [-0.39, 0.29) is 0 Å². The maximum Gasteiger partial charge on any atom is 0.128 e. The highest BCUT2D eigenvalue weighted by atomic mass is 79.9. The lowest BCUT2D eigenvalue weighted by Gasteiger charge is -2.10. The van der Waals surface area contributed by atoms with Crippen molar-refractivity contribution in [2.75, 3.05) is 0 Å². The third kappa shape index (κ3) is 5.20. The van der Waals surface area contributed by atoms with E-state index >= 15 is 0 Å². The molecule has 0 aliphatic rings. The van der Waals surface area contributed by atoms with Gasteiger partial charge in [-0.15, -0.1) is 0 Å². The minimum atomic E-state index is 0.487. The Hall–Kier alpha value is -2.10. The van der Waals surface area contributed by atoms with Crippen LogP contribution in [0.2, 0.25) is 5.02 Å². The first kappa shape index (κ1) is 18.7. The highest BCUT2D eigenvalue weighted by Crippen LogP contribution is 2.24. The molecule has 132 valence electrons. The van der Waals surface area contributed by atoms with Gasteiger partial charge in [-0.05, 0) is 60.0 Å². The van der Waals surface area contributed by atoms with Gasteiger partial charge in [-0.2, -0.15) is 0 Å². The summed E-state index contributed by atoms with van der Waals surface area (Å²) in [6.45, 7) is 2.63. The summed E-state index contributed by atoms with van der Waals surface area (Å²) < 4.78 is 7.03. The monoisotopic (exact) mass is 427 g/mol. The summed E-state index contributed by atoms with van der Waals surface area (Å²) in [4.78, 5) is 4.55. The highest BCUT2D eigenvalue weighted by Gasteiger charge is 2.04. The molecule has 2 nitrogen and oxygen atoms in total. The Morgan fingerprint density at radius 2 is 1.65 bits per heavy atom. The molecule has 0 saturated carbocycles. The number of ether oxygens (including phenoxy) is 1. The van der Waals surface area contributed by atoms with Crippen molar-refractivity contribution in [3.05, 3.63) is 92.9 Å². The van der Waals surface area contributed by atoms with Gasteiger partial charge in [0.25, 0.3) is 0 Å². The molecule has 0 aromatic heterocycles. The summed E-state index contributed by atoms with van der Waals surface area (Å²) in [5.74, 6) is 0.756. The zero-order valence-corrected chi connectivity index (χ0v) is 16.8. The van der Waals surface area contributed by atoms with Gasteiger partial charge in [0.1, 0.15) is 12.4 Å². The van der Waals surface area contributed by atoms with Crippen LogP contribution in [0.3, 0.4) is 0 Å². The number of rotatable bonds is 6. The molecular formula is C22H19BrClNO. The fraction of sp³-hybridized carbons (Fsp3) is 0.136. The maximum atomic E-state index is 6.15. The van der Waals surface area contributed by atoms with E-state index in [0.717, 1.165) is 33.5 Å². The van der Waals surface area contributed by atoms with E-state index in [1.54, 1.807) is 6.21 Å². The fourth-order valence-electron chi connectivity index (χ4n) is 2.46. The summed E-state index contributed by atoms with van der Waals surface area (Å²) >= 11 is 9.59. The van der Waals surface area contributed by atoms with Gasteiger partial charge in [0.15, 0.2) is 0 Å². The molecule has 0 fully saturated rings. The normalized spacial score (nSPS) is 11.0. The molecule has 0 bridgehead atoms. The molecule has 0 amide bonds. The SMILES string of the molecule is CCc1ccc(N=Cc2cc(Cl)ccc2OCc2ccc(Br)cc2)cc1. The Labute approximate surface area is 167 Å². The van der Waals surface area contributed by atoms with Crippen LogP contribution in [-0.4, -0.2) is 6.21 Å². The number of halogens is 2. The van der Waals surface area contributed by atoms with E-state index in [1.807, 2.05) is 54.6 Å². The predicted molar refractivity (Wildman–Crippen MR) is 113 cm³/mol. The van der Waals surface area contributed by atoms with Crippen LogP contribution in [0, 0.1) is 0 Å². The lowest BCUT2D eigenvalue weighted by atomic mass is 10.1. The first-order valence-electron chi connectivity index (χ1n) is 8.44. The van der Waals surface area contributed by atoms with E-state index < -0.39 is 0 Å². The van der Waals surface area contributed by atoms with E-state index in [1.165, 1.54) is 5.56 Å². The second-order valence-corrected chi connectivity index (χ2v) is 7.23. The largest absolute Gasteiger partial charge is 0.488 e. The minimum absolute atomic E-state index is 0.487. The average Bonchev–Trinajstić information content (AvgIpc) is 2.67. The van der Waals surface area contributed by atoms with Crippen LogP contribution in [0.1, 0.15) is 23.6 Å². The number of benzene rings is 3. The molecule has 3 rings (SSSR count). The summed E-state index contributed by atoms with van der Waals surface area (Å²) in [6.07, 6.45) is 2.82. The van der Waals surface area contributed by atoms with E-state index in [4.69, 9.17) is 16.3 Å². The Morgan fingerprint density at radius 3 is 2.35 bits per heavy atom. The predicted octanol–water partition coefficient (Wildman–Crippen LogP) is 6.99. The Bertz CT molecular complexity index is 889. The smallest absolute Gasteiger partial charge is 0.128 e. The van der Waals surface area contributed by atoms with Crippen LogP contribution in [0.4, 0.5) is 5.69 Å². The van der Waals surface area contributed by atoms with Crippen molar-refractivity contribution in [2.45, 2.75) is 20.0 Å². The summed E-state index contributed by atoms with van der Waals surface area (Å²) in [5, 5.41) is 0.656. The molecule has 3 aromatic carbocycles. The third-order valence-corrected chi connectivity index (χ3v) is 4.74. The van der Waals surface area contributed by atoms with Crippen molar-refractivity contribution in [1.82, 2.24) is 0 Å². The van der Waals surface area contributed by atoms with E-state index in [9.17, 15) is 0 Å². The Kier molecular flexibility index (Phi) is 6.48. The molecule has 0 heterocycles. The number of aryl methyl sites for hydroxylation is 1. The maximum absolute atomic E-state index is 6.15. The molecule has 0 aliphatic heterocycles. The molecule has 0 unspecified atom stereocenters. The van der Waals surface area contributed by atoms with Crippen LogP contribution in [0.5, 0.6) is 5.75 Å². The second-order valence-electron chi connectivity index (χ2n) is 5.88. The number of hydrogen-bond acceptors (Lipinski definition) is 2. The van der Waals surface area contributed by atoms with Crippen LogP contribution in [0.25, 0.3) is 0 Å². The zero-order chi connectivity index (χ0) is 18.4. The van der Waals surface area contributed by atoms with Crippen molar-refractivity contribution in [1.29, 1.82) is 0 Å². The third-order valence-electron chi connectivity index (χ3n) is 3.98. The van der Waals surface area contributed by atoms with Crippen molar-refractivity contribution in [3.63, 3.8) is 0 Å². The summed E-state index contributed by atoms with van der Waals surface area (Å²) in [7, 11) is 0. The molecule has 26 heavy (non-hydrogen) atoms. The van der Waals surface area contributed by atoms with Crippen LogP contribution < -0.4 is 4.74 Å². The lowest BCUT2D eigenvalue weighted by molar-refractivity contribution is 0.306. The standard InChI is InChI=1S/C22H19BrClNO/c1-2-16-5-10-21(11-6-16)25-14-18-13-20(24)9-12-22(18)26-15-17-3-7-19(23)8-4-17/h3-14H,2,15H2,1H3. The fourth-order valence-corrected chi connectivity index (χ4v) is 2.90. The molecule has 0 N–H and O–H groups in total. The molecule has 0 spiro atoms. The zero-order valence-electron chi connectivity index (χ0n) is 14.5. The van der Waals surface area contributed by atoms with Gasteiger partial charge < -0.3 is 4.74 Å². The molecule has 0 radical (unpaired) electrons. The second kappa shape index (κ2) is 9.02. The quantitative estimate of drug-likeness (QED) is 0.387. The number of hydrogen-bond donors (Lipinski definition) is 0.